The van der Waals surface area contributed by atoms with Gasteiger partial charge in [0.1, 0.15) is 5.82 Å². The van der Waals surface area contributed by atoms with Crippen molar-refractivity contribution >= 4 is 5.82 Å². The molecule has 3 nitrogen and oxygen atoms in total. The van der Waals surface area contributed by atoms with Gasteiger partial charge in [0.05, 0.1) is 0 Å². The van der Waals surface area contributed by atoms with Gasteiger partial charge in [0.15, 0.2) is 0 Å². The van der Waals surface area contributed by atoms with Crippen molar-refractivity contribution in [2.24, 2.45) is 5.92 Å². The van der Waals surface area contributed by atoms with Crippen LogP contribution in [0.25, 0.3) is 22.3 Å². The minimum Gasteiger partial charge on any atom is -0.357 e. The molecule has 2 aliphatic rings. The van der Waals surface area contributed by atoms with Crippen molar-refractivity contribution in [3.8, 4) is 22.3 Å². The number of nitrogens with zero attached hydrogens (tertiary/aromatic N) is 2. The number of benzene rings is 2. The molecule has 1 unspecified atom stereocenters. The van der Waals surface area contributed by atoms with E-state index >= 15 is 0 Å². The SMILES string of the molecule is O=c1ccc(-c2cccc(-c3ccccc3)c2)c2n1CC1CCCN2C1. The zero-order chi connectivity index (χ0) is 17.5. The van der Waals surface area contributed by atoms with E-state index in [1.54, 1.807) is 6.07 Å². The predicted molar refractivity (Wildman–Crippen MR) is 107 cm³/mol. The van der Waals surface area contributed by atoms with Gasteiger partial charge in [0, 0.05) is 31.3 Å². The van der Waals surface area contributed by atoms with Gasteiger partial charge in [-0.15, -0.1) is 0 Å². The average Bonchev–Trinajstić information content (AvgIpc) is 2.70. The molecule has 3 heteroatoms. The molecular weight excluding hydrogens is 320 g/mol. The van der Waals surface area contributed by atoms with Crippen LogP contribution >= 0.6 is 0 Å². The number of pyridine rings is 1. The highest BCUT2D eigenvalue weighted by atomic mass is 16.1. The van der Waals surface area contributed by atoms with Crippen LogP contribution in [0.4, 0.5) is 5.82 Å². The standard InChI is InChI=1S/C23H22N2O/c26-22-12-11-21(23-24-13-5-6-17(15-24)16-25(22)23)20-10-4-9-19(14-20)18-7-2-1-3-8-18/h1-4,7-12,14,17H,5-6,13,15-16H2. The van der Waals surface area contributed by atoms with Crippen molar-refractivity contribution in [3.63, 3.8) is 0 Å². The van der Waals surface area contributed by atoms with Crippen molar-refractivity contribution in [1.82, 2.24) is 4.57 Å². The molecule has 130 valence electrons. The highest BCUT2D eigenvalue weighted by molar-refractivity contribution is 5.80. The fourth-order valence-corrected chi connectivity index (χ4v) is 4.47. The fourth-order valence-electron chi connectivity index (χ4n) is 4.47. The second-order valence-electron chi connectivity index (χ2n) is 7.42. The summed E-state index contributed by atoms with van der Waals surface area (Å²) >= 11 is 0. The lowest BCUT2D eigenvalue weighted by molar-refractivity contribution is 0.329. The van der Waals surface area contributed by atoms with Gasteiger partial charge in [-0.25, -0.2) is 0 Å². The van der Waals surface area contributed by atoms with Gasteiger partial charge in [-0.3, -0.25) is 9.36 Å². The summed E-state index contributed by atoms with van der Waals surface area (Å²) in [4.78, 5) is 14.9. The molecule has 1 saturated heterocycles. The summed E-state index contributed by atoms with van der Waals surface area (Å²) in [5.41, 5.74) is 4.90. The summed E-state index contributed by atoms with van der Waals surface area (Å²) in [5.74, 6) is 1.72. The molecule has 0 spiro atoms. The lowest BCUT2D eigenvalue weighted by Crippen LogP contribution is -2.46. The minimum atomic E-state index is 0.125. The lowest BCUT2D eigenvalue weighted by atomic mass is 9.93. The summed E-state index contributed by atoms with van der Waals surface area (Å²) < 4.78 is 2.00. The highest BCUT2D eigenvalue weighted by Crippen LogP contribution is 2.37. The molecule has 3 heterocycles. The van der Waals surface area contributed by atoms with Crippen LogP contribution in [0.15, 0.2) is 71.5 Å². The van der Waals surface area contributed by atoms with Gasteiger partial charge in [-0.2, -0.15) is 0 Å². The molecular formula is C23H22N2O. The normalized spacial score (nSPS) is 18.5. The summed E-state index contributed by atoms with van der Waals surface area (Å²) in [6.07, 6.45) is 2.45. The van der Waals surface area contributed by atoms with Crippen LogP contribution in [0.3, 0.4) is 0 Å². The van der Waals surface area contributed by atoms with Gasteiger partial charge in [0.25, 0.3) is 5.56 Å². The Morgan fingerprint density at radius 2 is 1.62 bits per heavy atom. The van der Waals surface area contributed by atoms with Gasteiger partial charge in [-0.05, 0) is 47.6 Å². The van der Waals surface area contributed by atoms with Crippen molar-refractivity contribution in [2.45, 2.75) is 19.4 Å². The molecule has 2 aliphatic heterocycles. The van der Waals surface area contributed by atoms with E-state index < -0.39 is 0 Å². The van der Waals surface area contributed by atoms with Crippen molar-refractivity contribution in [3.05, 3.63) is 77.1 Å². The van der Waals surface area contributed by atoms with E-state index in [9.17, 15) is 4.79 Å². The zero-order valence-electron chi connectivity index (χ0n) is 14.8. The lowest BCUT2D eigenvalue weighted by Gasteiger charge is -2.42. The quantitative estimate of drug-likeness (QED) is 0.689. The second kappa shape index (κ2) is 6.17. The molecule has 0 saturated carbocycles. The van der Waals surface area contributed by atoms with Gasteiger partial charge in [-0.1, -0.05) is 48.5 Å². The number of piperidine rings is 1. The van der Waals surface area contributed by atoms with E-state index in [2.05, 4.69) is 53.4 Å². The number of anilines is 1. The maximum absolute atomic E-state index is 12.5. The Hall–Kier alpha value is -2.81. The molecule has 1 atom stereocenters. The molecule has 0 radical (unpaired) electrons. The summed E-state index contributed by atoms with van der Waals surface area (Å²) in [7, 11) is 0. The summed E-state index contributed by atoms with van der Waals surface area (Å²) in [5, 5.41) is 0. The molecule has 0 aliphatic carbocycles. The third-order valence-corrected chi connectivity index (χ3v) is 5.70. The summed E-state index contributed by atoms with van der Waals surface area (Å²) in [6, 6.07) is 22.9. The van der Waals surface area contributed by atoms with Crippen LogP contribution in [0.1, 0.15) is 12.8 Å². The molecule has 2 aromatic carbocycles. The molecule has 2 bridgehead atoms. The van der Waals surface area contributed by atoms with Crippen LogP contribution in [0.5, 0.6) is 0 Å². The largest absolute Gasteiger partial charge is 0.357 e. The molecule has 1 fully saturated rings. The van der Waals surface area contributed by atoms with E-state index in [0.29, 0.717) is 5.92 Å². The first-order chi connectivity index (χ1) is 12.8. The van der Waals surface area contributed by atoms with Gasteiger partial charge < -0.3 is 4.90 Å². The third-order valence-electron chi connectivity index (χ3n) is 5.70. The van der Waals surface area contributed by atoms with Gasteiger partial charge >= 0.3 is 0 Å². The smallest absolute Gasteiger partial charge is 0.252 e. The number of rotatable bonds is 2. The third kappa shape index (κ3) is 2.55. The van der Waals surface area contributed by atoms with Gasteiger partial charge in [0.2, 0.25) is 0 Å². The number of fused-ring (bicyclic) bond motifs is 4. The minimum absolute atomic E-state index is 0.125. The molecule has 5 rings (SSSR count). The van der Waals surface area contributed by atoms with Crippen LogP contribution < -0.4 is 10.5 Å². The van der Waals surface area contributed by atoms with E-state index in [4.69, 9.17) is 0 Å². The molecule has 0 N–H and O–H groups in total. The Labute approximate surface area is 153 Å². The average molecular weight is 342 g/mol. The number of aromatic nitrogens is 1. The Balaban J connectivity index is 1.66. The van der Waals surface area contributed by atoms with E-state index in [0.717, 1.165) is 25.5 Å². The molecule has 1 aromatic heterocycles. The fraction of sp³-hybridized carbons (Fsp3) is 0.261. The maximum Gasteiger partial charge on any atom is 0.252 e. The number of hydrogen-bond donors (Lipinski definition) is 0. The molecule has 3 aromatic rings. The summed E-state index contributed by atoms with van der Waals surface area (Å²) in [6.45, 7) is 2.98. The van der Waals surface area contributed by atoms with Crippen LogP contribution in [-0.2, 0) is 6.54 Å². The van der Waals surface area contributed by atoms with E-state index in [1.807, 2.05) is 16.7 Å². The first-order valence-electron chi connectivity index (χ1n) is 9.44. The zero-order valence-corrected chi connectivity index (χ0v) is 14.8. The Kier molecular flexibility index (Phi) is 3.66. The van der Waals surface area contributed by atoms with Crippen LogP contribution in [0.2, 0.25) is 0 Å². The highest BCUT2D eigenvalue weighted by Gasteiger charge is 2.30. The van der Waals surface area contributed by atoms with Crippen LogP contribution in [0, 0.1) is 5.92 Å². The first-order valence-corrected chi connectivity index (χ1v) is 9.44. The predicted octanol–water partition coefficient (Wildman–Crippen LogP) is 4.41. The van der Waals surface area contributed by atoms with Crippen molar-refractivity contribution < 1.29 is 0 Å². The topological polar surface area (TPSA) is 25.2 Å². The Morgan fingerprint density at radius 3 is 2.50 bits per heavy atom. The van der Waals surface area contributed by atoms with Crippen molar-refractivity contribution in [2.75, 3.05) is 18.0 Å². The van der Waals surface area contributed by atoms with Crippen molar-refractivity contribution in [1.29, 1.82) is 0 Å². The maximum atomic E-state index is 12.5. The Morgan fingerprint density at radius 1 is 0.808 bits per heavy atom. The van der Waals surface area contributed by atoms with E-state index in [-0.39, 0.29) is 5.56 Å². The monoisotopic (exact) mass is 342 g/mol. The second-order valence-corrected chi connectivity index (χ2v) is 7.42. The Bertz CT molecular complexity index is 1010. The van der Waals surface area contributed by atoms with E-state index in [1.165, 1.54) is 35.1 Å². The molecule has 0 amide bonds. The first kappa shape index (κ1) is 15.4. The van der Waals surface area contributed by atoms with Crippen LogP contribution in [-0.4, -0.2) is 17.7 Å². The number of hydrogen-bond acceptors (Lipinski definition) is 2. The molecule has 26 heavy (non-hydrogen) atoms.